The van der Waals surface area contributed by atoms with Crippen molar-refractivity contribution in [1.29, 1.82) is 0 Å². The van der Waals surface area contributed by atoms with Gasteiger partial charge in [0.25, 0.3) is 0 Å². The van der Waals surface area contributed by atoms with Crippen LogP contribution in [0.2, 0.25) is 0 Å². The Kier molecular flexibility index (Phi) is 4.42. The molecule has 1 amide bonds. The van der Waals surface area contributed by atoms with Crippen LogP contribution >= 0.6 is 0 Å². The number of hydrogen-bond acceptors (Lipinski definition) is 6. The molecule has 3 heterocycles. The van der Waals surface area contributed by atoms with Gasteiger partial charge in [0.2, 0.25) is 5.91 Å². The first kappa shape index (κ1) is 17.9. The zero-order valence-electron chi connectivity index (χ0n) is 15.8. The average Bonchev–Trinajstić information content (AvgIpc) is 3.19. The highest BCUT2D eigenvalue weighted by Crippen LogP contribution is 2.18. The Morgan fingerprint density at radius 2 is 2.04 bits per heavy atom. The highest BCUT2D eigenvalue weighted by atomic mass is 16.6. The molecule has 0 aliphatic heterocycles. The summed E-state index contributed by atoms with van der Waals surface area (Å²) in [4.78, 5) is 25.2. The minimum atomic E-state index is -0.290. The summed E-state index contributed by atoms with van der Waals surface area (Å²) in [5.74, 6) is -0.218. The lowest BCUT2D eigenvalue weighted by atomic mass is 10.1. The maximum absolute atomic E-state index is 12.9. The molecule has 1 N–H and O–H groups in total. The Hall–Kier alpha value is -3.49. The van der Waals surface area contributed by atoms with Gasteiger partial charge in [-0.05, 0) is 43.9 Å². The summed E-state index contributed by atoms with van der Waals surface area (Å²) in [6.45, 7) is 5.74. The van der Waals surface area contributed by atoms with E-state index in [1.54, 1.807) is 11.3 Å². The van der Waals surface area contributed by atoms with Gasteiger partial charge in [0.15, 0.2) is 5.65 Å². The largest absolute Gasteiger partial charge is 0.351 e. The first-order valence-electron chi connectivity index (χ1n) is 8.99. The van der Waals surface area contributed by atoms with Crippen LogP contribution in [-0.2, 0) is 17.8 Å². The summed E-state index contributed by atoms with van der Waals surface area (Å²) in [6.07, 6.45) is 0.0729. The summed E-state index contributed by atoms with van der Waals surface area (Å²) >= 11 is 0. The molecule has 0 saturated carbocycles. The topological polar surface area (TPSA) is 107 Å². The van der Waals surface area contributed by atoms with Gasteiger partial charge in [0, 0.05) is 6.04 Å². The van der Waals surface area contributed by atoms with Crippen LogP contribution in [0.25, 0.3) is 16.6 Å². The van der Waals surface area contributed by atoms with E-state index in [4.69, 9.17) is 0 Å². The molecule has 9 heteroatoms. The number of pyridine rings is 1. The van der Waals surface area contributed by atoms with E-state index in [2.05, 4.69) is 25.4 Å². The predicted octanol–water partition coefficient (Wildman–Crippen LogP) is 1.40. The highest BCUT2D eigenvalue weighted by molar-refractivity contribution is 5.83. The second-order valence-corrected chi connectivity index (χ2v) is 6.95. The van der Waals surface area contributed by atoms with Crippen molar-refractivity contribution in [1.82, 2.24) is 29.8 Å². The molecule has 1 atom stereocenters. The summed E-state index contributed by atoms with van der Waals surface area (Å²) in [6, 6.07) is 9.42. The molecule has 0 bridgehead atoms. The number of carbonyl (C=O) groups excluding carboxylic acids is 1. The molecule has 0 aliphatic carbocycles. The van der Waals surface area contributed by atoms with Crippen molar-refractivity contribution in [2.45, 2.75) is 39.8 Å². The van der Waals surface area contributed by atoms with Gasteiger partial charge in [-0.3, -0.25) is 4.79 Å². The Balaban J connectivity index is 1.58. The fourth-order valence-electron chi connectivity index (χ4n) is 3.30. The van der Waals surface area contributed by atoms with Gasteiger partial charge < -0.3 is 5.32 Å². The van der Waals surface area contributed by atoms with Gasteiger partial charge in [0.05, 0.1) is 18.5 Å². The zero-order valence-corrected chi connectivity index (χ0v) is 15.8. The fourth-order valence-corrected chi connectivity index (χ4v) is 3.30. The molecular formula is C19H20N6O3. The number of benzene rings is 1. The molecule has 0 radical (unpaired) electrons. The predicted molar refractivity (Wildman–Crippen MR) is 102 cm³/mol. The maximum Gasteiger partial charge on any atom is 0.350 e. The molecule has 3 aromatic heterocycles. The van der Waals surface area contributed by atoms with Gasteiger partial charge in [0.1, 0.15) is 11.4 Å². The number of aryl methyl sites for hydroxylation is 2. The lowest BCUT2D eigenvalue weighted by molar-refractivity contribution is -0.121. The van der Waals surface area contributed by atoms with E-state index in [0.29, 0.717) is 17.0 Å². The van der Waals surface area contributed by atoms with E-state index in [1.165, 1.54) is 4.68 Å². The van der Waals surface area contributed by atoms with Crippen molar-refractivity contribution >= 4 is 22.5 Å². The van der Waals surface area contributed by atoms with E-state index >= 15 is 0 Å². The van der Waals surface area contributed by atoms with Crippen LogP contribution in [-0.4, -0.2) is 36.4 Å². The van der Waals surface area contributed by atoms with Crippen molar-refractivity contribution in [3.8, 4) is 0 Å². The Morgan fingerprint density at radius 3 is 2.79 bits per heavy atom. The summed E-state index contributed by atoms with van der Waals surface area (Å²) in [5, 5.41) is 15.7. The van der Waals surface area contributed by atoms with Crippen LogP contribution in [0.1, 0.15) is 23.9 Å². The third-order valence-electron chi connectivity index (χ3n) is 4.67. The molecule has 0 aliphatic rings. The van der Waals surface area contributed by atoms with Gasteiger partial charge in [-0.1, -0.05) is 28.5 Å². The van der Waals surface area contributed by atoms with Crippen LogP contribution < -0.4 is 11.0 Å². The average molecular weight is 380 g/mol. The molecule has 144 valence electrons. The van der Waals surface area contributed by atoms with Crippen LogP contribution in [0.5, 0.6) is 0 Å². The van der Waals surface area contributed by atoms with Crippen molar-refractivity contribution in [3.05, 3.63) is 57.8 Å². The minimum Gasteiger partial charge on any atom is -0.351 e. The number of fused-ring (bicyclic) bond motifs is 3. The normalized spacial score (nSPS) is 12.5. The van der Waals surface area contributed by atoms with Gasteiger partial charge >= 0.3 is 5.69 Å². The third kappa shape index (κ3) is 3.15. The molecule has 0 spiro atoms. The minimum absolute atomic E-state index is 0.0729. The van der Waals surface area contributed by atoms with E-state index < -0.39 is 0 Å². The number of nitrogens with zero attached hydrogens (tertiary/aromatic N) is 5. The fraction of sp³-hybridized carbons (Fsp3) is 0.316. The molecule has 4 rings (SSSR count). The molecule has 0 fully saturated rings. The van der Waals surface area contributed by atoms with Crippen molar-refractivity contribution in [2.75, 3.05) is 0 Å². The van der Waals surface area contributed by atoms with Gasteiger partial charge in [-0.15, -0.1) is 5.10 Å². The SMILES string of the molecule is Cc1nonc1CC(=O)N[C@@H](C)Cn1nc2c(C)cc3ccccc3n2c1=O. The van der Waals surface area contributed by atoms with Crippen molar-refractivity contribution < 1.29 is 9.42 Å². The number of rotatable bonds is 5. The first-order chi connectivity index (χ1) is 13.4. The van der Waals surface area contributed by atoms with Crippen LogP contribution in [0.3, 0.4) is 0 Å². The molecule has 1 aromatic carbocycles. The molecule has 28 heavy (non-hydrogen) atoms. The number of nitrogens with one attached hydrogen (secondary N) is 1. The van der Waals surface area contributed by atoms with E-state index in [0.717, 1.165) is 16.5 Å². The summed E-state index contributed by atoms with van der Waals surface area (Å²) < 4.78 is 7.61. The number of amides is 1. The Labute approximate surface area is 159 Å². The van der Waals surface area contributed by atoms with E-state index in [9.17, 15) is 9.59 Å². The highest BCUT2D eigenvalue weighted by Gasteiger charge is 2.17. The Morgan fingerprint density at radius 1 is 1.25 bits per heavy atom. The van der Waals surface area contributed by atoms with E-state index in [1.807, 2.05) is 44.2 Å². The number of carbonyl (C=O) groups is 1. The molecule has 4 aromatic rings. The lowest BCUT2D eigenvalue weighted by Gasteiger charge is -2.12. The van der Waals surface area contributed by atoms with Gasteiger partial charge in [-0.2, -0.15) is 0 Å². The molecule has 0 saturated heterocycles. The number of para-hydroxylation sites is 1. The maximum atomic E-state index is 12.9. The lowest BCUT2D eigenvalue weighted by Crippen LogP contribution is -2.39. The number of hydrogen-bond donors (Lipinski definition) is 1. The first-order valence-corrected chi connectivity index (χ1v) is 8.99. The second-order valence-electron chi connectivity index (χ2n) is 6.95. The quantitative estimate of drug-likeness (QED) is 0.561. The van der Waals surface area contributed by atoms with Crippen molar-refractivity contribution in [2.24, 2.45) is 0 Å². The number of aromatic nitrogens is 5. The summed E-state index contributed by atoms with van der Waals surface area (Å²) in [7, 11) is 0. The molecule has 9 nitrogen and oxygen atoms in total. The monoisotopic (exact) mass is 380 g/mol. The zero-order chi connectivity index (χ0) is 19.8. The van der Waals surface area contributed by atoms with Crippen LogP contribution in [0.15, 0.2) is 39.8 Å². The van der Waals surface area contributed by atoms with Crippen molar-refractivity contribution in [3.63, 3.8) is 0 Å². The standard InChI is InChI=1S/C19H20N6O3/c1-11-8-14-6-4-5-7-16(14)25-18(11)21-24(19(25)27)10-12(2)20-17(26)9-15-13(3)22-28-23-15/h4-8,12H,9-10H2,1-3H3,(H,20,26)/t12-/m0/s1. The smallest absolute Gasteiger partial charge is 0.350 e. The van der Waals surface area contributed by atoms with E-state index in [-0.39, 0.29) is 30.6 Å². The van der Waals surface area contributed by atoms with Gasteiger partial charge in [-0.25, -0.2) is 18.5 Å². The summed E-state index contributed by atoms with van der Waals surface area (Å²) in [5.41, 5.74) is 3.20. The van der Waals surface area contributed by atoms with Crippen LogP contribution in [0, 0.1) is 13.8 Å². The third-order valence-corrected chi connectivity index (χ3v) is 4.67. The second kappa shape index (κ2) is 6.91. The molecular weight excluding hydrogens is 360 g/mol. The molecule has 0 unspecified atom stereocenters. The van der Waals surface area contributed by atoms with Crippen LogP contribution in [0.4, 0.5) is 0 Å². The Bertz CT molecular complexity index is 1240.